The molecular weight excluding hydrogens is 188 g/mol. The normalized spacial score (nSPS) is 28.6. The summed E-state index contributed by atoms with van der Waals surface area (Å²) in [4.78, 5) is 2.42. The molecule has 0 saturated heterocycles. The molecule has 1 saturated carbocycles. The molecule has 2 N–H and O–H groups in total. The van der Waals surface area contributed by atoms with Gasteiger partial charge in [-0.1, -0.05) is 13.8 Å². The van der Waals surface area contributed by atoms with Crippen LogP contribution in [0, 0.1) is 0 Å². The summed E-state index contributed by atoms with van der Waals surface area (Å²) < 4.78 is 0. The Kier molecular flexibility index (Phi) is 5.58. The molecule has 3 nitrogen and oxygen atoms in total. The van der Waals surface area contributed by atoms with E-state index >= 15 is 0 Å². The Balaban J connectivity index is 2.25. The first kappa shape index (κ1) is 12.9. The number of likely N-dealkylation sites (N-methyl/N-ethyl adjacent to an activating group) is 1. The van der Waals surface area contributed by atoms with E-state index in [0.29, 0.717) is 12.1 Å². The highest BCUT2D eigenvalue weighted by atomic mass is 16.3. The zero-order valence-corrected chi connectivity index (χ0v) is 10.4. The van der Waals surface area contributed by atoms with E-state index in [1.165, 1.54) is 0 Å². The van der Waals surface area contributed by atoms with Gasteiger partial charge in [-0.15, -0.1) is 0 Å². The minimum Gasteiger partial charge on any atom is -0.392 e. The van der Waals surface area contributed by atoms with Crippen LogP contribution in [0.1, 0.15) is 40.0 Å². The Morgan fingerprint density at radius 2 is 2.00 bits per heavy atom. The van der Waals surface area contributed by atoms with Crippen LogP contribution < -0.4 is 5.32 Å². The van der Waals surface area contributed by atoms with Crippen LogP contribution in [0.25, 0.3) is 0 Å². The van der Waals surface area contributed by atoms with Crippen molar-refractivity contribution in [1.82, 2.24) is 10.2 Å². The van der Waals surface area contributed by atoms with Crippen LogP contribution in [0.15, 0.2) is 0 Å². The highest BCUT2D eigenvalue weighted by Crippen LogP contribution is 2.19. The van der Waals surface area contributed by atoms with Gasteiger partial charge in [0.15, 0.2) is 0 Å². The SMILES string of the molecule is CCN(CC)CC(C)NC1CCCC1O. The lowest BCUT2D eigenvalue weighted by atomic mass is 10.2. The van der Waals surface area contributed by atoms with Gasteiger partial charge in [0, 0.05) is 18.6 Å². The quantitative estimate of drug-likeness (QED) is 0.698. The molecule has 0 aliphatic heterocycles. The maximum Gasteiger partial charge on any atom is 0.0693 e. The lowest BCUT2D eigenvalue weighted by Gasteiger charge is -2.27. The highest BCUT2D eigenvalue weighted by Gasteiger charge is 2.26. The van der Waals surface area contributed by atoms with Crippen molar-refractivity contribution in [2.24, 2.45) is 0 Å². The van der Waals surface area contributed by atoms with Crippen LogP contribution in [0.5, 0.6) is 0 Å². The number of hydrogen-bond donors (Lipinski definition) is 2. The average molecular weight is 214 g/mol. The number of rotatable bonds is 6. The molecule has 1 fully saturated rings. The molecule has 0 radical (unpaired) electrons. The Morgan fingerprint density at radius 3 is 2.47 bits per heavy atom. The van der Waals surface area contributed by atoms with E-state index in [0.717, 1.165) is 38.9 Å². The predicted octanol–water partition coefficient (Wildman–Crippen LogP) is 1.22. The standard InChI is InChI=1S/C12H26N2O/c1-4-14(5-2)9-10(3)13-11-7-6-8-12(11)15/h10-13,15H,4-9H2,1-3H3. The van der Waals surface area contributed by atoms with Crippen molar-refractivity contribution in [1.29, 1.82) is 0 Å². The van der Waals surface area contributed by atoms with Gasteiger partial charge in [-0.25, -0.2) is 0 Å². The van der Waals surface area contributed by atoms with Crippen molar-refractivity contribution in [2.45, 2.75) is 58.2 Å². The molecule has 1 aliphatic carbocycles. The topological polar surface area (TPSA) is 35.5 Å². The Hall–Kier alpha value is -0.120. The van der Waals surface area contributed by atoms with Crippen LogP contribution in [-0.4, -0.2) is 47.8 Å². The van der Waals surface area contributed by atoms with Gasteiger partial charge in [0.25, 0.3) is 0 Å². The monoisotopic (exact) mass is 214 g/mol. The van der Waals surface area contributed by atoms with Crippen molar-refractivity contribution in [3.8, 4) is 0 Å². The summed E-state index contributed by atoms with van der Waals surface area (Å²) >= 11 is 0. The molecule has 0 aromatic rings. The van der Waals surface area contributed by atoms with Crippen LogP contribution in [-0.2, 0) is 0 Å². The summed E-state index contributed by atoms with van der Waals surface area (Å²) in [5.41, 5.74) is 0. The fourth-order valence-corrected chi connectivity index (χ4v) is 2.42. The van der Waals surface area contributed by atoms with Gasteiger partial charge in [-0.3, -0.25) is 0 Å². The third-order valence-corrected chi connectivity index (χ3v) is 3.40. The summed E-state index contributed by atoms with van der Waals surface area (Å²) in [7, 11) is 0. The second-order valence-electron chi connectivity index (χ2n) is 4.66. The molecule has 3 atom stereocenters. The second kappa shape index (κ2) is 6.46. The number of aliphatic hydroxyl groups is 1. The summed E-state index contributed by atoms with van der Waals surface area (Å²) in [5, 5.41) is 13.2. The largest absolute Gasteiger partial charge is 0.392 e. The number of nitrogens with zero attached hydrogens (tertiary/aromatic N) is 1. The molecule has 0 aromatic carbocycles. The van der Waals surface area contributed by atoms with Crippen LogP contribution in [0.3, 0.4) is 0 Å². The zero-order valence-electron chi connectivity index (χ0n) is 10.4. The van der Waals surface area contributed by atoms with Crippen LogP contribution in [0.4, 0.5) is 0 Å². The maximum absolute atomic E-state index is 9.71. The number of nitrogens with one attached hydrogen (secondary N) is 1. The Morgan fingerprint density at radius 1 is 1.33 bits per heavy atom. The summed E-state index contributed by atoms with van der Waals surface area (Å²) in [6.07, 6.45) is 3.14. The van der Waals surface area contributed by atoms with E-state index in [1.807, 2.05) is 0 Å². The van der Waals surface area contributed by atoms with Crippen molar-refractivity contribution in [3.05, 3.63) is 0 Å². The lowest BCUT2D eigenvalue weighted by Crippen LogP contribution is -2.46. The lowest BCUT2D eigenvalue weighted by molar-refractivity contribution is 0.138. The Bertz CT molecular complexity index is 171. The van der Waals surface area contributed by atoms with E-state index in [2.05, 4.69) is 31.0 Å². The second-order valence-corrected chi connectivity index (χ2v) is 4.66. The van der Waals surface area contributed by atoms with Crippen LogP contribution in [0.2, 0.25) is 0 Å². The van der Waals surface area contributed by atoms with E-state index in [1.54, 1.807) is 0 Å². The fraction of sp³-hybridized carbons (Fsp3) is 1.00. The molecular formula is C12H26N2O. The minimum atomic E-state index is -0.121. The first-order valence-corrected chi connectivity index (χ1v) is 6.33. The Labute approximate surface area is 93.9 Å². The summed E-state index contributed by atoms with van der Waals surface area (Å²) in [6.45, 7) is 9.90. The fourth-order valence-electron chi connectivity index (χ4n) is 2.42. The van der Waals surface area contributed by atoms with Gasteiger partial charge in [-0.2, -0.15) is 0 Å². The molecule has 90 valence electrons. The van der Waals surface area contributed by atoms with Crippen molar-refractivity contribution >= 4 is 0 Å². The van der Waals surface area contributed by atoms with E-state index < -0.39 is 0 Å². The molecule has 0 aromatic heterocycles. The molecule has 1 aliphatic rings. The predicted molar refractivity (Wildman–Crippen MR) is 64.0 cm³/mol. The molecule has 0 bridgehead atoms. The summed E-state index contributed by atoms with van der Waals surface area (Å²) in [5.74, 6) is 0. The van der Waals surface area contributed by atoms with Gasteiger partial charge < -0.3 is 15.3 Å². The first-order valence-electron chi connectivity index (χ1n) is 6.33. The molecule has 3 heteroatoms. The highest BCUT2D eigenvalue weighted by molar-refractivity contribution is 4.85. The molecule has 3 unspecified atom stereocenters. The van der Waals surface area contributed by atoms with Crippen molar-refractivity contribution in [2.75, 3.05) is 19.6 Å². The van der Waals surface area contributed by atoms with E-state index in [4.69, 9.17) is 0 Å². The van der Waals surface area contributed by atoms with Crippen LogP contribution >= 0.6 is 0 Å². The van der Waals surface area contributed by atoms with Gasteiger partial charge in [0.05, 0.1) is 6.10 Å². The zero-order chi connectivity index (χ0) is 11.3. The van der Waals surface area contributed by atoms with Gasteiger partial charge in [0.1, 0.15) is 0 Å². The molecule has 1 rings (SSSR count). The number of hydrogen-bond acceptors (Lipinski definition) is 3. The smallest absolute Gasteiger partial charge is 0.0693 e. The summed E-state index contributed by atoms with van der Waals surface area (Å²) in [6, 6.07) is 0.804. The van der Waals surface area contributed by atoms with E-state index in [-0.39, 0.29) is 6.10 Å². The van der Waals surface area contributed by atoms with Gasteiger partial charge in [0.2, 0.25) is 0 Å². The average Bonchev–Trinajstić information content (AvgIpc) is 2.61. The molecule has 15 heavy (non-hydrogen) atoms. The molecule has 0 heterocycles. The van der Waals surface area contributed by atoms with Crippen molar-refractivity contribution in [3.63, 3.8) is 0 Å². The van der Waals surface area contributed by atoms with E-state index in [9.17, 15) is 5.11 Å². The third-order valence-electron chi connectivity index (χ3n) is 3.40. The van der Waals surface area contributed by atoms with Crippen molar-refractivity contribution < 1.29 is 5.11 Å². The first-order chi connectivity index (χ1) is 7.17. The molecule has 0 amide bonds. The minimum absolute atomic E-state index is 0.121. The molecule has 0 spiro atoms. The number of aliphatic hydroxyl groups excluding tert-OH is 1. The van der Waals surface area contributed by atoms with Gasteiger partial charge in [-0.05, 0) is 39.3 Å². The third kappa shape index (κ3) is 4.09. The van der Waals surface area contributed by atoms with Gasteiger partial charge >= 0.3 is 0 Å². The maximum atomic E-state index is 9.71.